The lowest BCUT2D eigenvalue weighted by atomic mass is 10.1. The zero-order chi connectivity index (χ0) is 12.7. The van der Waals surface area contributed by atoms with Crippen LogP contribution in [0.15, 0.2) is 42.6 Å². The van der Waals surface area contributed by atoms with Gasteiger partial charge in [0.15, 0.2) is 0 Å². The Kier molecular flexibility index (Phi) is 5.01. The monoisotopic (exact) mass is 230 g/mol. The molecule has 1 aromatic heterocycles. The summed E-state index contributed by atoms with van der Waals surface area (Å²) in [6.45, 7) is 4.00. The molecule has 17 heavy (non-hydrogen) atoms. The molecule has 2 rings (SSSR count). The third kappa shape index (κ3) is 3.21. The maximum atomic E-state index is 5.63. The van der Waals surface area contributed by atoms with E-state index in [9.17, 15) is 0 Å². The van der Waals surface area contributed by atoms with Gasteiger partial charge >= 0.3 is 0 Å². The van der Waals surface area contributed by atoms with E-state index >= 15 is 0 Å². The van der Waals surface area contributed by atoms with Crippen LogP contribution in [-0.2, 0) is 0 Å². The molecular formula is C14H18N2O. The second kappa shape index (κ2) is 6.53. The van der Waals surface area contributed by atoms with Gasteiger partial charge in [-0.05, 0) is 29.8 Å². The number of hydrogen-bond donors (Lipinski definition) is 1. The van der Waals surface area contributed by atoms with Crippen LogP contribution in [0.5, 0.6) is 5.88 Å². The van der Waals surface area contributed by atoms with Gasteiger partial charge in [-0.15, -0.1) is 0 Å². The summed E-state index contributed by atoms with van der Waals surface area (Å²) < 4.78 is 5.19. The largest absolute Gasteiger partial charge is 0.481 e. The third-order valence-electron chi connectivity index (χ3n) is 2.19. The van der Waals surface area contributed by atoms with Gasteiger partial charge in [-0.2, -0.15) is 0 Å². The Hall–Kier alpha value is -2.03. The zero-order valence-corrected chi connectivity index (χ0v) is 10.5. The highest BCUT2D eigenvalue weighted by Crippen LogP contribution is 2.27. The number of methoxy groups -OCH3 is 1. The molecular weight excluding hydrogens is 212 g/mol. The lowest BCUT2D eigenvalue weighted by Gasteiger charge is -2.06. The van der Waals surface area contributed by atoms with Gasteiger partial charge in [0.05, 0.1) is 7.11 Å². The van der Waals surface area contributed by atoms with Gasteiger partial charge in [-0.25, -0.2) is 4.98 Å². The number of nitrogens with zero attached hydrogens (tertiary/aromatic N) is 1. The number of nitrogen functional groups attached to an aromatic ring is 1. The van der Waals surface area contributed by atoms with Crippen LogP contribution in [0.25, 0.3) is 11.1 Å². The average molecular weight is 230 g/mol. The molecule has 0 radical (unpaired) electrons. The minimum Gasteiger partial charge on any atom is -0.481 e. The minimum absolute atomic E-state index is 0.627. The Morgan fingerprint density at radius 3 is 2.29 bits per heavy atom. The number of hydrogen-bond acceptors (Lipinski definition) is 3. The maximum absolute atomic E-state index is 5.63. The van der Waals surface area contributed by atoms with E-state index in [-0.39, 0.29) is 0 Å². The quantitative estimate of drug-likeness (QED) is 0.805. The summed E-state index contributed by atoms with van der Waals surface area (Å²) in [5.41, 5.74) is 8.40. The van der Waals surface area contributed by atoms with Crippen LogP contribution in [-0.4, -0.2) is 12.1 Å². The first-order valence-electron chi connectivity index (χ1n) is 5.66. The van der Waals surface area contributed by atoms with Crippen molar-refractivity contribution in [1.29, 1.82) is 0 Å². The lowest BCUT2D eigenvalue weighted by Crippen LogP contribution is -1.91. The number of aromatic nitrogens is 1. The summed E-state index contributed by atoms with van der Waals surface area (Å²) in [6, 6.07) is 11.5. The van der Waals surface area contributed by atoms with E-state index in [0.717, 1.165) is 16.8 Å². The Morgan fingerprint density at radius 2 is 1.71 bits per heavy atom. The summed E-state index contributed by atoms with van der Waals surface area (Å²) in [6.07, 6.45) is 1.71. The fourth-order valence-electron chi connectivity index (χ4n) is 1.44. The standard InChI is InChI=1S/C12H12N2O.C2H6/c1-15-12-11(3-2-8-14-12)9-4-6-10(13)7-5-9;1-2/h2-8H,13H2,1H3;1-2H3. The first-order chi connectivity index (χ1) is 8.31. The number of anilines is 1. The molecule has 0 aliphatic carbocycles. The van der Waals surface area contributed by atoms with Crippen LogP contribution < -0.4 is 10.5 Å². The number of rotatable bonds is 2. The van der Waals surface area contributed by atoms with E-state index in [1.54, 1.807) is 13.3 Å². The van der Waals surface area contributed by atoms with E-state index in [2.05, 4.69) is 4.98 Å². The van der Waals surface area contributed by atoms with Gasteiger partial charge in [0.1, 0.15) is 0 Å². The molecule has 0 bridgehead atoms. The SMILES string of the molecule is CC.COc1ncccc1-c1ccc(N)cc1. The Labute approximate surface area is 102 Å². The topological polar surface area (TPSA) is 48.1 Å². The van der Waals surface area contributed by atoms with Crippen molar-refractivity contribution < 1.29 is 4.74 Å². The van der Waals surface area contributed by atoms with Crippen LogP contribution in [0.3, 0.4) is 0 Å². The first-order valence-corrected chi connectivity index (χ1v) is 5.66. The van der Waals surface area contributed by atoms with E-state index in [1.165, 1.54) is 0 Å². The van der Waals surface area contributed by atoms with Crippen LogP contribution in [0, 0.1) is 0 Å². The predicted molar refractivity (Wildman–Crippen MR) is 72.0 cm³/mol. The molecule has 0 saturated carbocycles. The maximum Gasteiger partial charge on any atom is 0.221 e. The Balaban J connectivity index is 0.000000686. The fourth-order valence-corrected chi connectivity index (χ4v) is 1.44. The molecule has 90 valence electrons. The van der Waals surface area contributed by atoms with Crippen molar-refractivity contribution in [2.75, 3.05) is 12.8 Å². The van der Waals surface area contributed by atoms with Gasteiger partial charge in [0.2, 0.25) is 5.88 Å². The van der Waals surface area contributed by atoms with Crippen molar-refractivity contribution in [2.45, 2.75) is 13.8 Å². The van der Waals surface area contributed by atoms with Gasteiger partial charge in [-0.3, -0.25) is 0 Å². The number of benzene rings is 1. The van der Waals surface area contributed by atoms with Crippen LogP contribution in [0.4, 0.5) is 5.69 Å². The lowest BCUT2D eigenvalue weighted by molar-refractivity contribution is 0.399. The molecule has 1 heterocycles. The molecule has 0 saturated heterocycles. The third-order valence-corrected chi connectivity index (χ3v) is 2.19. The van der Waals surface area contributed by atoms with E-state index in [4.69, 9.17) is 10.5 Å². The molecule has 2 aromatic rings. The van der Waals surface area contributed by atoms with E-state index < -0.39 is 0 Å². The molecule has 3 nitrogen and oxygen atoms in total. The number of ether oxygens (including phenoxy) is 1. The second-order valence-electron chi connectivity index (χ2n) is 3.18. The molecule has 0 atom stereocenters. The first kappa shape index (κ1) is 13.0. The van der Waals surface area contributed by atoms with Crippen molar-refractivity contribution >= 4 is 5.69 Å². The summed E-state index contributed by atoms with van der Waals surface area (Å²) in [5.74, 6) is 0.627. The van der Waals surface area contributed by atoms with E-state index in [0.29, 0.717) is 5.88 Å². The van der Waals surface area contributed by atoms with Crippen LogP contribution in [0.2, 0.25) is 0 Å². The Morgan fingerprint density at radius 1 is 1.06 bits per heavy atom. The summed E-state index contributed by atoms with van der Waals surface area (Å²) in [7, 11) is 1.61. The minimum atomic E-state index is 0.627. The highest BCUT2D eigenvalue weighted by Gasteiger charge is 2.04. The summed E-state index contributed by atoms with van der Waals surface area (Å²) in [5, 5.41) is 0. The fraction of sp³-hybridized carbons (Fsp3) is 0.214. The van der Waals surface area contributed by atoms with Crippen molar-refractivity contribution in [1.82, 2.24) is 4.98 Å². The smallest absolute Gasteiger partial charge is 0.221 e. The molecule has 0 aliphatic rings. The van der Waals surface area contributed by atoms with Crippen molar-refractivity contribution in [3.8, 4) is 17.0 Å². The molecule has 0 fully saturated rings. The summed E-state index contributed by atoms with van der Waals surface area (Å²) in [4.78, 5) is 4.14. The molecule has 2 N–H and O–H groups in total. The van der Waals surface area contributed by atoms with Crippen molar-refractivity contribution in [3.63, 3.8) is 0 Å². The zero-order valence-electron chi connectivity index (χ0n) is 10.5. The van der Waals surface area contributed by atoms with Crippen molar-refractivity contribution in [2.24, 2.45) is 0 Å². The molecule has 0 amide bonds. The molecule has 0 unspecified atom stereocenters. The summed E-state index contributed by atoms with van der Waals surface area (Å²) >= 11 is 0. The van der Waals surface area contributed by atoms with Gasteiger partial charge in [0.25, 0.3) is 0 Å². The normalized spacial score (nSPS) is 9.12. The second-order valence-corrected chi connectivity index (χ2v) is 3.18. The highest BCUT2D eigenvalue weighted by molar-refractivity contribution is 5.69. The van der Waals surface area contributed by atoms with Crippen LogP contribution >= 0.6 is 0 Å². The van der Waals surface area contributed by atoms with Gasteiger partial charge in [-0.1, -0.05) is 26.0 Å². The van der Waals surface area contributed by atoms with Gasteiger partial charge in [0, 0.05) is 17.4 Å². The number of nitrogens with two attached hydrogens (primary N) is 1. The number of pyridine rings is 1. The molecule has 1 aromatic carbocycles. The molecule has 3 heteroatoms. The van der Waals surface area contributed by atoms with E-state index in [1.807, 2.05) is 50.2 Å². The highest BCUT2D eigenvalue weighted by atomic mass is 16.5. The average Bonchev–Trinajstić information content (AvgIpc) is 2.42. The Bertz CT molecular complexity index is 452. The molecule has 0 spiro atoms. The van der Waals surface area contributed by atoms with Gasteiger partial charge < -0.3 is 10.5 Å². The van der Waals surface area contributed by atoms with Crippen molar-refractivity contribution in [3.05, 3.63) is 42.6 Å². The van der Waals surface area contributed by atoms with Crippen LogP contribution in [0.1, 0.15) is 13.8 Å². The molecule has 0 aliphatic heterocycles. The predicted octanol–water partition coefficient (Wildman–Crippen LogP) is 3.37.